The summed E-state index contributed by atoms with van der Waals surface area (Å²) in [5, 5.41) is 2.87. The highest BCUT2D eigenvalue weighted by molar-refractivity contribution is 5.93. The number of carbonyl (C=O) groups excluding carboxylic acids is 2. The van der Waals surface area contributed by atoms with E-state index in [1.54, 1.807) is 0 Å². The van der Waals surface area contributed by atoms with Crippen LogP contribution in [0, 0.1) is 5.92 Å². The molecule has 2 atom stereocenters. The molecular weight excluding hydrogens is 380 g/mol. The third kappa shape index (κ3) is 5.65. The van der Waals surface area contributed by atoms with Crippen LogP contribution in [0.1, 0.15) is 39.2 Å². The first-order valence-corrected chi connectivity index (χ1v) is 10.9. The fourth-order valence-electron chi connectivity index (χ4n) is 4.22. The number of carbonyl (C=O) groups is 2. The lowest BCUT2D eigenvalue weighted by molar-refractivity contribution is 0.0511. The molecule has 1 saturated heterocycles. The van der Waals surface area contributed by atoms with Crippen molar-refractivity contribution in [1.29, 1.82) is 0 Å². The monoisotopic (exact) mass is 416 g/mol. The lowest BCUT2D eigenvalue weighted by Crippen LogP contribution is -2.54. The minimum absolute atomic E-state index is 0.0657. The number of nitrogens with one attached hydrogen (secondary N) is 1. The molecule has 1 N–H and O–H groups in total. The Bertz CT molecular complexity index is 759. The van der Waals surface area contributed by atoms with E-state index in [9.17, 15) is 9.59 Å². The first kappa shape index (κ1) is 22.4. The van der Waals surface area contributed by atoms with Crippen LogP contribution in [0.15, 0.2) is 24.3 Å². The number of benzene rings is 1. The Morgan fingerprint density at radius 3 is 2.63 bits per heavy atom. The van der Waals surface area contributed by atoms with Crippen LogP contribution >= 0.6 is 0 Å². The van der Waals surface area contributed by atoms with E-state index in [-0.39, 0.29) is 11.9 Å². The summed E-state index contributed by atoms with van der Waals surface area (Å²) in [6, 6.07) is 8.58. The van der Waals surface area contributed by atoms with Crippen molar-refractivity contribution in [3.8, 4) is 0 Å². The summed E-state index contributed by atoms with van der Waals surface area (Å²) in [6.07, 6.45) is 2.50. The van der Waals surface area contributed by atoms with Gasteiger partial charge in [-0.05, 0) is 71.7 Å². The van der Waals surface area contributed by atoms with Crippen molar-refractivity contribution in [1.82, 2.24) is 15.1 Å². The zero-order chi connectivity index (χ0) is 21.9. The molecule has 0 radical (unpaired) electrons. The van der Waals surface area contributed by atoms with E-state index < -0.39 is 11.7 Å². The molecule has 0 saturated carbocycles. The second kappa shape index (κ2) is 9.25. The topological polar surface area (TPSA) is 65.1 Å². The van der Waals surface area contributed by atoms with Crippen molar-refractivity contribution in [2.24, 2.45) is 5.92 Å². The number of nitrogens with zero attached hydrogens (tertiary/aromatic N) is 3. The summed E-state index contributed by atoms with van der Waals surface area (Å²) in [7, 11) is 4.14. The molecule has 7 heteroatoms. The largest absolute Gasteiger partial charge is 0.444 e. The summed E-state index contributed by atoms with van der Waals surface area (Å²) < 4.78 is 5.33. The molecule has 0 aromatic heterocycles. The van der Waals surface area contributed by atoms with Crippen LogP contribution in [0.2, 0.25) is 0 Å². The van der Waals surface area contributed by atoms with E-state index in [2.05, 4.69) is 30.4 Å². The van der Waals surface area contributed by atoms with E-state index in [4.69, 9.17) is 4.74 Å². The number of alkyl carbamates (subject to hydrolysis) is 1. The van der Waals surface area contributed by atoms with Gasteiger partial charge in [-0.3, -0.25) is 4.90 Å². The third-order valence-corrected chi connectivity index (χ3v) is 5.82. The van der Waals surface area contributed by atoms with Gasteiger partial charge >= 0.3 is 12.1 Å². The number of amides is 3. The first-order chi connectivity index (χ1) is 14.1. The molecule has 3 rings (SSSR count). The van der Waals surface area contributed by atoms with Gasteiger partial charge in [0.1, 0.15) is 5.60 Å². The number of piperidine rings is 1. The standard InChI is InChI=1S/C23H36N4O3/c1-23(2,3)30-21(28)24-14-17-9-8-12-26(15-17)22(29)27-16-19(25(4)5)13-18-10-6-7-11-20(18)27/h6-7,10-11,17,19H,8-9,12-16H2,1-5H3,(H,24,28)/t17-,19-/m0/s1. The van der Waals surface area contributed by atoms with Crippen LogP contribution < -0.4 is 10.2 Å². The van der Waals surface area contributed by atoms with Crippen LogP contribution in [0.5, 0.6) is 0 Å². The fourth-order valence-corrected chi connectivity index (χ4v) is 4.22. The summed E-state index contributed by atoms with van der Waals surface area (Å²) in [6.45, 7) is 8.18. The minimum atomic E-state index is -0.511. The number of likely N-dealkylation sites (tertiary alicyclic amines) is 1. The molecule has 2 heterocycles. The molecule has 0 unspecified atom stereocenters. The Morgan fingerprint density at radius 2 is 1.93 bits per heavy atom. The smallest absolute Gasteiger partial charge is 0.407 e. The number of likely N-dealkylation sites (N-methyl/N-ethyl adjacent to an activating group) is 1. The van der Waals surface area contributed by atoms with Gasteiger partial charge < -0.3 is 19.9 Å². The average molecular weight is 417 g/mol. The minimum Gasteiger partial charge on any atom is -0.444 e. The van der Waals surface area contributed by atoms with E-state index in [0.29, 0.717) is 25.7 Å². The number of anilines is 1. The molecule has 1 aromatic carbocycles. The zero-order valence-electron chi connectivity index (χ0n) is 19.0. The Balaban J connectivity index is 1.64. The molecule has 1 fully saturated rings. The van der Waals surface area contributed by atoms with Gasteiger partial charge in [-0.2, -0.15) is 0 Å². The van der Waals surface area contributed by atoms with Gasteiger partial charge in [-0.15, -0.1) is 0 Å². The summed E-state index contributed by atoms with van der Waals surface area (Å²) in [5.41, 5.74) is 1.73. The second-order valence-electron chi connectivity index (χ2n) is 9.68. The number of urea groups is 1. The molecule has 0 bridgehead atoms. The molecule has 2 aliphatic rings. The van der Waals surface area contributed by atoms with E-state index in [1.165, 1.54) is 5.56 Å². The third-order valence-electron chi connectivity index (χ3n) is 5.82. The fraction of sp³-hybridized carbons (Fsp3) is 0.652. The van der Waals surface area contributed by atoms with Crippen LogP contribution in [0.4, 0.5) is 15.3 Å². The summed E-state index contributed by atoms with van der Waals surface area (Å²) in [5.74, 6) is 0.236. The lowest BCUT2D eigenvalue weighted by atomic mass is 9.96. The molecule has 30 heavy (non-hydrogen) atoms. The molecule has 7 nitrogen and oxygen atoms in total. The van der Waals surface area contributed by atoms with E-state index in [0.717, 1.165) is 31.5 Å². The second-order valence-corrected chi connectivity index (χ2v) is 9.68. The van der Waals surface area contributed by atoms with Crippen molar-refractivity contribution in [3.05, 3.63) is 29.8 Å². The van der Waals surface area contributed by atoms with Gasteiger partial charge in [0.15, 0.2) is 0 Å². The molecule has 3 amide bonds. The maximum absolute atomic E-state index is 13.5. The number of rotatable bonds is 3. The predicted octanol–water partition coefficient (Wildman–Crippen LogP) is 3.34. The van der Waals surface area contributed by atoms with Crippen molar-refractivity contribution >= 4 is 17.8 Å². The number of para-hydroxylation sites is 1. The van der Waals surface area contributed by atoms with Crippen LogP contribution in [-0.2, 0) is 11.2 Å². The van der Waals surface area contributed by atoms with Crippen LogP contribution in [0.25, 0.3) is 0 Å². The number of hydrogen-bond acceptors (Lipinski definition) is 4. The average Bonchev–Trinajstić information content (AvgIpc) is 2.70. The number of fused-ring (bicyclic) bond motifs is 1. The highest BCUT2D eigenvalue weighted by Crippen LogP contribution is 2.30. The summed E-state index contributed by atoms with van der Waals surface area (Å²) >= 11 is 0. The Labute approximate surface area is 180 Å². The van der Waals surface area contributed by atoms with Crippen LogP contribution in [-0.4, -0.2) is 73.8 Å². The van der Waals surface area contributed by atoms with Crippen molar-refractivity contribution in [2.75, 3.05) is 45.2 Å². The Hall–Kier alpha value is -2.28. The van der Waals surface area contributed by atoms with Gasteiger partial charge in [-0.1, -0.05) is 18.2 Å². The van der Waals surface area contributed by atoms with Gasteiger partial charge in [-0.25, -0.2) is 9.59 Å². The van der Waals surface area contributed by atoms with Crippen molar-refractivity contribution < 1.29 is 14.3 Å². The van der Waals surface area contributed by atoms with E-state index >= 15 is 0 Å². The SMILES string of the molecule is CN(C)[C@H]1Cc2ccccc2N(C(=O)N2CCC[C@@H](CNC(=O)OC(C)(C)C)C2)C1. The normalized spacial score (nSPS) is 21.9. The Kier molecular flexibility index (Phi) is 6.91. The van der Waals surface area contributed by atoms with Gasteiger partial charge in [0.05, 0.1) is 0 Å². The zero-order valence-corrected chi connectivity index (χ0v) is 19.0. The quantitative estimate of drug-likeness (QED) is 0.821. The summed E-state index contributed by atoms with van der Waals surface area (Å²) in [4.78, 5) is 31.5. The molecule has 0 aliphatic carbocycles. The molecule has 1 aromatic rings. The lowest BCUT2D eigenvalue weighted by Gasteiger charge is -2.41. The maximum Gasteiger partial charge on any atom is 0.407 e. The molecular formula is C23H36N4O3. The van der Waals surface area contributed by atoms with Gasteiger partial charge in [0.25, 0.3) is 0 Å². The predicted molar refractivity (Wildman–Crippen MR) is 119 cm³/mol. The van der Waals surface area contributed by atoms with Crippen molar-refractivity contribution in [2.45, 2.75) is 51.7 Å². The highest BCUT2D eigenvalue weighted by Gasteiger charge is 2.34. The van der Waals surface area contributed by atoms with Gasteiger partial charge in [0.2, 0.25) is 0 Å². The first-order valence-electron chi connectivity index (χ1n) is 10.9. The maximum atomic E-state index is 13.5. The molecule has 166 valence electrons. The number of ether oxygens (including phenoxy) is 1. The highest BCUT2D eigenvalue weighted by atomic mass is 16.6. The molecule has 2 aliphatic heterocycles. The molecule has 0 spiro atoms. The number of hydrogen-bond donors (Lipinski definition) is 1. The van der Waals surface area contributed by atoms with Gasteiger partial charge in [0, 0.05) is 37.9 Å². The van der Waals surface area contributed by atoms with Crippen LogP contribution in [0.3, 0.4) is 0 Å². The van der Waals surface area contributed by atoms with Crippen molar-refractivity contribution in [3.63, 3.8) is 0 Å². The van der Waals surface area contributed by atoms with E-state index in [1.807, 2.05) is 48.8 Å². The Morgan fingerprint density at radius 1 is 1.20 bits per heavy atom.